The van der Waals surface area contributed by atoms with Gasteiger partial charge in [-0.05, 0) is 31.0 Å². The molecule has 0 fully saturated rings. The highest BCUT2D eigenvalue weighted by atomic mass is 35.5. The maximum atomic E-state index is 12.1. The summed E-state index contributed by atoms with van der Waals surface area (Å²) in [7, 11) is 1.62. The van der Waals surface area contributed by atoms with Gasteiger partial charge in [-0.2, -0.15) is 0 Å². The minimum atomic E-state index is -0.532. The van der Waals surface area contributed by atoms with Gasteiger partial charge in [0.1, 0.15) is 6.04 Å². The first-order chi connectivity index (χ1) is 10.5. The fraction of sp³-hybridized carbons (Fsp3) is 0.500. The summed E-state index contributed by atoms with van der Waals surface area (Å²) in [5.74, 6) is -0.310. The first-order valence-electron chi connectivity index (χ1n) is 7.24. The van der Waals surface area contributed by atoms with E-state index in [0.717, 1.165) is 12.0 Å². The highest BCUT2D eigenvalue weighted by Crippen LogP contribution is 2.13. The van der Waals surface area contributed by atoms with Crippen LogP contribution in [0.5, 0.6) is 0 Å². The number of rotatable bonds is 8. The summed E-state index contributed by atoms with van der Waals surface area (Å²) in [5.41, 5.74) is 0.929. The van der Waals surface area contributed by atoms with Crippen LogP contribution in [0.25, 0.3) is 0 Å². The largest absolute Gasteiger partial charge is 0.385 e. The molecule has 0 aliphatic carbocycles. The Morgan fingerprint density at radius 2 is 1.95 bits per heavy atom. The Hall–Kier alpha value is -1.59. The third-order valence-corrected chi connectivity index (χ3v) is 3.59. The van der Waals surface area contributed by atoms with Crippen molar-refractivity contribution in [1.29, 1.82) is 0 Å². The molecule has 122 valence electrons. The molecule has 1 atom stereocenters. The summed E-state index contributed by atoms with van der Waals surface area (Å²) < 4.78 is 4.93. The van der Waals surface area contributed by atoms with Crippen molar-refractivity contribution in [2.24, 2.45) is 0 Å². The number of ether oxygens (including phenoxy) is 1. The van der Waals surface area contributed by atoms with E-state index < -0.39 is 6.04 Å². The molecule has 0 aliphatic heterocycles. The monoisotopic (exact) mass is 326 g/mol. The Kier molecular flexibility index (Phi) is 7.91. The molecule has 0 radical (unpaired) electrons. The summed E-state index contributed by atoms with van der Waals surface area (Å²) in [5, 5.41) is 3.45. The molecule has 1 aromatic rings. The molecule has 22 heavy (non-hydrogen) atoms. The second-order valence-electron chi connectivity index (χ2n) is 5.09. The number of benzene rings is 1. The van der Waals surface area contributed by atoms with Crippen LogP contribution in [0.3, 0.4) is 0 Å². The Morgan fingerprint density at radius 3 is 2.50 bits per heavy atom. The fourth-order valence-corrected chi connectivity index (χ4v) is 2.15. The highest BCUT2D eigenvalue weighted by Gasteiger charge is 2.23. The molecular formula is C16H23ClN2O3. The third-order valence-electron chi connectivity index (χ3n) is 3.34. The molecule has 1 rings (SSSR count). The van der Waals surface area contributed by atoms with Gasteiger partial charge in [-0.1, -0.05) is 23.7 Å². The lowest BCUT2D eigenvalue weighted by Gasteiger charge is -2.27. The standard InChI is InChI=1S/C16H23ClN2O3/c1-12(16(21)18-9-4-10-22-3)19(13(2)20)11-14-5-7-15(17)8-6-14/h5-8,12H,4,9-11H2,1-3H3,(H,18,21)/t12-/m1/s1. The van der Waals surface area contributed by atoms with Crippen molar-refractivity contribution in [1.82, 2.24) is 10.2 Å². The van der Waals surface area contributed by atoms with Crippen LogP contribution in [-0.4, -0.2) is 43.0 Å². The van der Waals surface area contributed by atoms with Crippen LogP contribution >= 0.6 is 11.6 Å². The first-order valence-corrected chi connectivity index (χ1v) is 7.61. The Labute approximate surface area is 136 Å². The molecule has 0 bridgehead atoms. The number of nitrogens with one attached hydrogen (secondary N) is 1. The van der Waals surface area contributed by atoms with Crippen LogP contribution < -0.4 is 5.32 Å². The van der Waals surface area contributed by atoms with Crippen LogP contribution in [-0.2, 0) is 20.9 Å². The maximum absolute atomic E-state index is 12.1. The van der Waals surface area contributed by atoms with E-state index >= 15 is 0 Å². The SMILES string of the molecule is COCCCNC(=O)[C@@H](C)N(Cc1ccc(Cl)cc1)C(C)=O. The topological polar surface area (TPSA) is 58.6 Å². The van der Waals surface area contributed by atoms with Crippen molar-refractivity contribution < 1.29 is 14.3 Å². The zero-order valence-electron chi connectivity index (χ0n) is 13.3. The van der Waals surface area contributed by atoms with Crippen molar-refractivity contribution in [2.75, 3.05) is 20.3 Å². The van der Waals surface area contributed by atoms with E-state index in [0.29, 0.717) is 24.7 Å². The molecule has 0 heterocycles. The maximum Gasteiger partial charge on any atom is 0.242 e. The summed E-state index contributed by atoms with van der Waals surface area (Å²) in [6.07, 6.45) is 0.742. The van der Waals surface area contributed by atoms with Gasteiger partial charge < -0.3 is 15.0 Å². The predicted octanol–water partition coefficient (Wildman–Crippen LogP) is 2.23. The zero-order valence-corrected chi connectivity index (χ0v) is 14.0. The number of hydrogen-bond donors (Lipinski definition) is 1. The summed E-state index contributed by atoms with van der Waals surface area (Å²) in [4.78, 5) is 25.5. The Morgan fingerprint density at radius 1 is 1.32 bits per heavy atom. The smallest absolute Gasteiger partial charge is 0.242 e. The number of carbonyl (C=O) groups excluding carboxylic acids is 2. The first kappa shape index (κ1) is 18.5. The predicted molar refractivity (Wildman–Crippen MR) is 86.6 cm³/mol. The van der Waals surface area contributed by atoms with Crippen LogP contribution in [0.15, 0.2) is 24.3 Å². The molecule has 0 aromatic heterocycles. The average molecular weight is 327 g/mol. The van der Waals surface area contributed by atoms with Crippen LogP contribution in [0.1, 0.15) is 25.8 Å². The molecule has 2 amide bonds. The summed E-state index contributed by atoms with van der Waals surface area (Å²) in [6.45, 7) is 4.69. The van der Waals surface area contributed by atoms with Gasteiger partial charge in [-0.25, -0.2) is 0 Å². The molecule has 0 spiro atoms. The minimum absolute atomic E-state index is 0.144. The highest BCUT2D eigenvalue weighted by molar-refractivity contribution is 6.30. The van der Waals surface area contributed by atoms with E-state index in [2.05, 4.69) is 5.32 Å². The number of halogens is 1. The lowest BCUT2D eigenvalue weighted by Crippen LogP contribution is -2.47. The van der Waals surface area contributed by atoms with E-state index in [1.54, 1.807) is 26.2 Å². The van der Waals surface area contributed by atoms with Gasteiger partial charge in [0.05, 0.1) is 0 Å². The Balaban J connectivity index is 2.63. The summed E-state index contributed by atoms with van der Waals surface area (Å²) >= 11 is 5.85. The lowest BCUT2D eigenvalue weighted by molar-refractivity contribution is -0.139. The van der Waals surface area contributed by atoms with Gasteiger partial charge in [0.15, 0.2) is 0 Å². The molecule has 0 saturated heterocycles. The normalized spacial score (nSPS) is 11.8. The second kappa shape index (κ2) is 9.43. The van der Waals surface area contributed by atoms with E-state index in [9.17, 15) is 9.59 Å². The molecule has 5 nitrogen and oxygen atoms in total. The van der Waals surface area contributed by atoms with Gasteiger partial charge in [-0.3, -0.25) is 9.59 Å². The van der Waals surface area contributed by atoms with Crippen LogP contribution in [0, 0.1) is 0 Å². The van der Waals surface area contributed by atoms with Gasteiger partial charge in [0, 0.05) is 38.8 Å². The van der Waals surface area contributed by atoms with Crippen LogP contribution in [0.4, 0.5) is 0 Å². The quantitative estimate of drug-likeness (QED) is 0.745. The molecule has 1 aromatic carbocycles. The molecular weight excluding hydrogens is 304 g/mol. The second-order valence-corrected chi connectivity index (χ2v) is 5.52. The van der Waals surface area contributed by atoms with Crippen LogP contribution in [0.2, 0.25) is 5.02 Å². The Bertz CT molecular complexity index is 491. The number of amides is 2. The van der Waals surface area contributed by atoms with Gasteiger partial charge >= 0.3 is 0 Å². The van der Waals surface area contributed by atoms with Crippen molar-refractivity contribution in [3.8, 4) is 0 Å². The molecule has 0 unspecified atom stereocenters. The van der Waals surface area contributed by atoms with Crippen molar-refractivity contribution in [3.05, 3.63) is 34.9 Å². The van der Waals surface area contributed by atoms with E-state index in [4.69, 9.17) is 16.3 Å². The van der Waals surface area contributed by atoms with Crippen molar-refractivity contribution in [2.45, 2.75) is 32.9 Å². The van der Waals surface area contributed by atoms with E-state index in [1.807, 2.05) is 12.1 Å². The molecule has 1 N–H and O–H groups in total. The number of methoxy groups -OCH3 is 1. The number of nitrogens with zero attached hydrogens (tertiary/aromatic N) is 1. The van der Waals surface area contributed by atoms with E-state index in [-0.39, 0.29) is 11.8 Å². The number of carbonyl (C=O) groups is 2. The lowest BCUT2D eigenvalue weighted by atomic mass is 10.1. The fourth-order valence-electron chi connectivity index (χ4n) is 2.02. The van der Waals surface area contributed by atoms with E-state index in [1.165, 1.54) is 11.8 Å². The third kappa shape index (κ3) is 6.03. The molecule has 6 heteroatoms. The summed E-state index contributed by atoms with van der Waals surface area (Å²) in [6, 6.07) is 6.70. The van der Waals surface area contributed by atoms with Crippen molar-refractivity contribution in [3.63, 3.8) is 0 Å². The minimum Gasteiger partial charge on any atom is -0.385 e. The molecule has 0 saturated carbocycles. The van der Waals surface area contributed by atoms with Gasteiger partial charge in [-0.15, -0.1) is 0 Å². The number of hydrogen-bond acceptors (Lipinski definition) is 3. The van der Waals surface area contributed by atoms with Crippen molar-refractivity contribution >= 4 is 23.4 Å². The van der Waals surface area contributed by atoms with Gasteiger partial charge in [0.25, 0.3) is 0 Å². The molecule has 0 aliphatic rings. The zero-order chi connectivity index (χ0) is 16.5. The average Bonchev–Trinajstić information content (AvgIpc) is 2.49. The van der Waals surface area contributed by atoms with Gasteiger partial charge in [0.2, 0.25) is 11.8 Å².